The van der Waals surface area contributed by atoms with Crippen LogP contribution in [0.3, 0.4) is 0 Å². The number of nitrogens with one attached hydrogen (secondary N) is 2. The first-order valence-corrected chi connectivity index (χ1v) is 12.6. The molecule has 7 nitrogen and oxygen atoms in total. The summed E-state index contributed by atoms with van der Waals surface area (Å²) < 4.78 is 110. The van der Waals surface area contributed by atoms with Crippen LogP contribution in [-0.2, 0) is 24.4 Å². The molecule has 2 atom stereocenters. The average molecular weight is 620 g/mol. The topological polar surface area (TPSA) is 100 Å². The van der Waals surface area contributed by atoms with Gasteiger partial charge in [-0.1, -0.05) is 31.2 Å². The van der Waals surface area contributed by atoms with Crippen LogP contribution in [0.4, 0.5) is 40.8 Å². The summed E-state index contributed by atoms with van der Waals surface area (Å²) in [4.78, 5) is 36.4. The lowest BCUT2D eigenvalue weighted by Gasteiger charge is -2.22. The zero-order chi connectivity index (χ0) is 32.4. The second-order valence-electron chi connectivity index (χ2n) is 9.64. The van der Waals surface area contributed by atoms with Gasteiger partial charge < -0.3 is 20.3 Å². The molecule has 3 aromatic rings. The number of amides is 1. The second kappa shape index (κ2) is 12.4. The molecule has 15 heteroatoms. The number of carboxylic acids is 1. The van der Waals surface area contributed by atoms with Gasteiger partial charge in [-0.3, -0.25) is 9.59 Å². The molecule has 0 saturated heterocycles. The number of carbonyl (C=O) groups is 2. The molecule has 3 N–H and O–H groups in total. The molecule has 0 spiro atoms. The van der Waals surface area contributed by atoms with Gasteiger partial charge in [0, 0.05) is 36.5 Å². The first-order chi connectivity index (χ1) is 19.8. The Morgan fingerprint density at radius 3 is 2.00 bits per heavy atom. The highest BCUT2D eigenvalue weighted by Gasteiger charge is 2.39. The van der Waals surface area contributed by atoms with Crippen molar-refractivity contribution in [2.45, 2.75) is 51.1 Å². The molecule has 3 rings (SSSR count). The summed E-state index contributed by atoms with van der Waals surface area (Å²) in [6.45, 7) is 2.53. The van der Waals surface area contributed by atoms with Gasteiger partial charge in [-0.25, -0.2) is 13.6 Å². The SMILES string of the molecule is CC[C@@H](Nc1cc(F)c(C(=O)N[C@@H](Cc2ccc(-c3c(C(F)(F)F)cc(=O)n(C)c3C)cc2)C(=O)O)c(F)c1)C(F)(F)F. The van der Waals surface area contributed by atoms with Crippen molar-refractivity contribution >= 4 is 17.6 Å². The fourth-order valence-corrected chi connectivity index (χ4v) is 4.37. The van der Waals surface area contributed by atoms with E-state index in [2.05, 4.69) is 0 Å². The van der Waals surface area contributed by atoms with Crippen LogP contribution in [0.1, 0.15) is 40.5 Å². The van der Waals surface area contributed by atoms with E-state index in [4.69, 9.17) is 0 Å². The van der Waals surface area contributed by atoms with E-state index >= 15 is 0 Å². The molecule has 232 valence electrons. The summed E-state index contributed by atoms with van der Waals surface area (Å²) in [5.74, 6) is -6.19. The van der Waals surface area contributed by atoms with E-state index in [-0.39, 0.29) is 22.4 Å². The fourth-order valence-electron chi connectivity index (χ4n) is 4.37. The Balaban J connectivity index is 1.85. The fraction of sp³-hybridized carbons (Fsp3) is 0.321. The lowest BCUT2D eigenvalue weighted by molar-refractivity contribution is -0.143. The van der Waals surface area contributed by atoms with E-state index < -0.39 is 83.2 Å². The smallest absolute Gasteiger partial charge is 0.417 e. The molecule has 0 aliphatic heterocycles. The van der Waals surface area contributed by atoms with Crippen LogP contribution in [-0.4, -0.2) is 39.8 Å². The molecule has 1 heterocycles. The van der Waals surface area contributed by atoms with Gasteiger partial charge in [0.05, 0.1) is 5.56 Å². The van der Waals surface area contributed by atoms with Crippen LogP contribution >= 0.6 is 0 Å². The maximum absolute atomic E-state index is 14.6. The summed E-state index contributed by atoms with van der Waals surface area (Å²) in [5.41, 5.74) is -3.81. The highest BCUT2D eigenvalue weighted by atomic mass is 19.4. The van der Waals surface area contributed by atoms with Crippen LogP contribution in [0.2, 0.25) is 0 Å². The van der Waals surface area contributed by atoms with Crippen molar-refractivity contribution in [3.8, 4) is 11.1 Å². The third-order valence-corrected chi connectivity index (χ3v) is 6.74. The number of hydrogen-bond donors (Lipinski definition) is 3. The Morgan fingerprint density at radius 2 is 1.53 bits per heavy atom. The van der Waals surface area contributed by atoms with Gasteiger partial charge in [-0.05, 0) is 36.6 Å². The number of hydrogen-bond acceptors (Lipinski definition) is 4. The Hall–Kier alpha value is -4.43. The number of anilines is 1. The monoisotopic (exact) mass is 619 g/mol. The number of nitrogens with zero attached hydrogens (tertiary/aromatic N) is 1. The number of benzene rings is 2. The predicted molar refractivity (Wildman–Crippen MR) is 140 cm³/mol. The van der Waals surface area contributed by atoms with Crippen molar-refractivity contribution in [1.29, 1.82) is 0 Å². The molecule has 0 radical (unpaired) electrons. The zero-order valence-corrected chi connectivity index (χ0v) is 22.8. The third-order valence-electron chi connectivity index (χ3n) is 6.74. The highest BCUT2D eigenvalue weighted by molar-refractivity contribution is 5.97. The molecule has 43 heavy (non-hydrogen) atoms. The average Bonchev–Trinajstić information content (AvgIpc) is 2.88. The molecule has 0 unspecified atom stereocenters. The van der Waals surface area contributed by atoms with Gasteiger partial charge in [0.25, 0.3) is 11.5 Å². The first-order valence-electron chi connectivity index (χ1n) is 12.6. The number of rotatable bonds is 9. The summed E-state index contributed by atoms with van der Waals surface area (Å²) in [5, 5.41) is 13.5. The van der Waals surface area contributed by atoms with Crippen molar-refractivity contribution in [2.75, 3.05) is 5.32 Å². The van der Waals surface area contributed by atoms with Crippen LogP contribution in [0, 0.1) is 18.6 Å². The van der Waals surface area contributed by atoms with E-state index in [0.29, 0.717) is 18.2 Å². The van der Waals surface area contributed by atoms with Crippen molar-refractivity contribution in [1.82, 2.24) is 9.88 Å². The third kappa shape index (κ3) is 7.51. The zero-order valence-electron chi connectivity index (χ0n) is 22.8. The minimum atomic E-state index is -4.85. The summed E-state index contributed by atoms with van der Waals surface area (Å²) in [6.07, 6.45) is -10.5. The highest BCUT2D eigenvalue weighted by Crippen LogP contribution is 2.38. The van der Waals surface area contributed by atoms with E-state index in [9.17, 15) is 54.6 Å². The molecular weight excluding hydrogens is 594 g/mol. The molecule has 0 fully saturated rings. The molecule has 0 bridgehead atoms. The second-order valence-corrected chi connectivity index (χ2v) is 9.64. The lowest BCUT2D eigenvalue weighted by Crippen LogP contribution is -2.43. The first kappa shape index (κ1) is 33.1. The van der Waals surface area contributed by atoms with Gasteiger partial charge in [0.15, 0.2) is 0 Å². The van der Waals surface area contributed by atoms with Crippen molar-refractivity contribution in [3.05, 3.63) is 86.8 Å². The Labute approximate surface area is 239 Å². The van der Waals surface area contributed by atoms with Gasteiger partial charge in [0.2, 0.25) is 0 Å². The summed E-state index contributed by atoms with van der Waals surface area (Å²) >= 11 is 0. The van der Waals surface area contributed by atoms with E-state index in [1.165, 1.54) is 45.2 Å². The van der Waals surface area contributed by atoms with Crippen molar-refractivity contribution in [2.24, 2.45) is 7.05 Å². The standard InChI is InChI=1S/C28H25F8N3O4/c1-4-21(28(34,35)36)37-16-10-18(29)24(19(30)11-16)25(41)38-20(26(42)43)9-14-5-7-15(8-6-14)23-13(2)39(3)22(40)12-17(23)27(31,32)33/h5-8,10-12,20-21,37H,4,9H2,1-3H3,(H,38,41)(H,42,43)/t20-,21+/m0/s1. The minimum Gasteiger partial charge on any atom is -0.480 e. The maximum atomic E-state index is 14.6. The van der Waals surface area contributed by atoms with Crippen LogP contribution in [0.5, 0.6) is 0 Å². The maximum Gasteiger partial charge on any atom is 0.417 e. The number of carboxylic acid groups (broad SMARTS) is 1. The largest absolute Gasteiger partial charge is 0.480 e. The van der Waals surface area contributed by atoms with Crippen molar-refractivity contribution in [3.63, 3.8) is 0 Å². The Morgan fingerprint density at radius 1 is 0.977 bits per heavy atom. The molecule has 0 aliphatic rings. The van der Waals surface area contributed by atoms with Crippen LogP contribution in [0.25, 0.3) is 11.1 Å². The normalized spacial score (nSPS) is 13.4. The summed E-state index contributed by atoms with van der Waals surface area (Å²) in [6, 6.07) is 2.62. The van der Waals surface area contributed by atoms with Gasteiger partial charge in [0.1, 0.15) is 29.3 Å². The molecule has 0 saturated carbocycles. The number of pyridine rings is 1. The number of alkyl halides is 6. The number of carbonyl (C=O) groups excluding carboxylic acids is 1. The Kier molecular flexibility index (Phi) is 9.56. The van der Waals surface area contributed by atoms with E-state index in [1.807, 2.05) is 10.6 Å². The molecule has 1 amide bonds. The van der Waals surface area contributed by atoms with Crippen LogP contribution in [0.15, 0.2) is 47.3 Å². The molecule has 2 aromatic carbocycles. The van der Waals surface area contributed by atoms with E-state index in [1.54, 1.807) is 0 Å². The van der Waals surface area contributed by atoms with Crippen LogP contribution < -0.4 is 16.2 Å². The lowest BCUT2D eigenvalue weighted by atomic mass is 9.95. The summed E-state index contributed by atoms with van der Waals surface area (Å²) in [7, 11) is 1.30. The van der Waals surface area contributed by atoms with Gasteiger partial charge in [-0.2, -0.15) is 26.3 Å². The quantitative estimate of drug-likeness (QED) is 0.262. The number of aromatic nitrogens is 1. The molecule has 1 aromatic heterocycles. The van der Waals surface area contributed by atoms with E-state index in [0.717, 1.165) is 4.57 Å². The molecule has 0 aliphatic carbocycles. The Bertz CT molecular complexity index is 1560. The molecular formula is C28H25F8N3O4. The van der Waals surface area contributed by atoms with Gasteiger partial charge >= 0.3 is 18.3 Å². The number of halogens is 8. The van der Waals surface area contributed by atoms with Crippen molar-refractivity contribution < 1.29 is 49.8 Å². The van der Waals surface area contributed by atoms with Gasteiger partial charge in [-0.15, -0.1) is 0 Å². The predicted octanol–water partition coefficient (Wildman–Crippen LogP) is 5.84. The minimum absolute atomic E-state index is 0.0251. The number of aliphatic carboxylic acids is 1.